The Hall–Kier alpha value is -1.69. The van der Waals surface area contributed by atoms with Crippen molar-refractivity contribution in [2.45, 2.75) is 19.0 Å². The lowest BCUT2D eigenvalue weighted by molar-refractivity contribution is -0.137. The molecule has 1 N–H and O–H groups in total. The van der Waals surface area contributed by atoms with Crippen molar-refractivity contribution in [2.24, 2.45) is 0 Å². The number of aliphatic hydroxyl groups is 1. The lowest BCUT2D eigenvalue weighted by atomic mass is 10.1. The van der Waals surface area contributed by atoms with Crippen LogP contribution in [-0.4, -0.2) is 23.6 Å². The minimum Gasteiger partial charge on any atom is -0.466 e. The Bertz CT molecular complexity index is 384. The van der Waals surface area contributed by atoms with Crippen LogP contribution in [0.15, 0.2) is 35.0 Å². The van der Waals surface area contributed by atoms with Crippen LogP contribution in [0.4, 0.5) is 8.78 Å². The van der Waals surface area contributed by atoms with Crippen LogP contribution < -0.4 is 0 Å². The molecule has 0 radical (unpaired) electrons. The number of carbonyl (C=O) groups is 1. The average molecular weight is 246 g/mol. The van der Waals surface area contributed by atoms with E-state index in [0.29, 0.717) is 6.08 Å². The van der Waals surface area contributed by atoms with Crippen molar-refractivity contribution in [1.29, 1.82) is 0 Å². The molecule has 1 heterocycles. The number of hydrogen-bond acceptors (Lipinski definition) is 4. The first-order chi connectivity index (χ1) is 7.97. The molecule has 0 aliphatic heterocycles. The molecule has 0 amide bonds. The maximum absolute atomic E-state index is 13.4. The van der Waals surface area contributed by atoms with Crippen molar-refractivity contribution >= 4 is 5.97 Å². The van der Waals surface area contributed by atoms with Crippen LogP contribution in [0.2, 0.25) is 0 Å². The van der Waals surface area contributed by atoms with Gasteiger partial charge in [0.1, 0.15) is 5.76 Å². The van der Waals surface area contributed by atoms with Gasteiger partial charge in [-0.05, 0) is 25.1 Å². The van der Waals surface area contributed by atoms with Crippen molar-refractivity contribution in [3.8, 4) is 0 Å². The van der Waals surface area contributed by atoms with E-state index in [4.69, 9.17) is 0 Å². The minimum atomic E-state index is -3.61. The molecule has 0 aliphatic rings. The molecule has 1 aromatic heterocycles. The van der Waals surface area contributed by atoms with Gasteiger partial charge in [0.15, 0.2) is 6.10 Å². The summed E-state index contributed by atoms with van der Waals surface area (Å²) in [4.78, 5) is 10.9. The molecule has 94 valence electrons. The first-order valence-corrected chi connectivity index (χ1v) is 4.92. The standard InChI is InChI=1S/C11H12F2O4/c1-2-16-9(14)5-6-11(12,13)10(15)8-4-3-7-17-8/h3-7,10,15H,2H2,1H3/b6-5+. The van der Waals surface area contributed by atoms with Crippen molar-refractivity contribution in [2.75, 3.05) is 6.61 Å². The van der Waals surface area contributed by atoms with Gasteiger partial charge in [0, 0.05) is 6.08 Å². The molecular weight excluding hydrogens is 234 g/mol. The van der Waals surface area contributed by atoms with E-state index in [1.165, 1.54) is 18.4 Å². The largest absolute Gasteiger partial charge is 0.466 e. The van der Waals surface area contributed by atoms with Crippen molar-refractivity contribution < 1.29 is 27.8 Å². The number of hydrogen-bond donors (Lipinski definition) is 1. The number of aliphatic hydroxyl groups excluding tert-OH is 1. The summed E-state index contributed by atoms with van der Waals surface area (Å²) in [6.45, 7) is 1.65. The van der Waals surface area contributed by atoms with E-state index >= 15 is 0 Å². The Morgan fingerprint density at radius 1 is 1.71 bits per heavy atom. The van der Waals surface area contributed by atoms with E-state index < -0.39 is 18.0 Å². The maximum Gasteiger partial charge on any atom is 0.330 e. The fourth-order valence-electron chi connectivity index (χ4n) is 1.10. The van der Waals surface area contributed by atoms with Crippen molar-refractivity contribution in [3.63, 3.8) is 0 Å². The lowest BCUT2D eigenvalue weighted by Crippen LogP contribution is -2.23. The zero-order valence-corrected chi connectivity index (χ0v) is 9.10. The normalized spacial score (nSPS) is 13.9. The van der Waals surface area contributed by atoms with Crippen LogP contribution in [0, 0.1) is 0 Å². The van der Waals surface area contributed by atoms with Gasteiger partial charge in [-0.15, -0.1) is 0 Å². The molecule has 0 aromatic carbocycles. The first-order valence-electron chi connectivity index (χ1n) is 4.92. The van der Waals surface area contributed by atoms with Gasteiger partial charge in [0.2, 0.25) is 0 Å². The summed E-state index contributed by atoms with van der Waals surface area (Å²) in [5.41, 5.74) is 0. The van der Waals surface area contributed by atoms with E-state index in [9.17, 15) is 18.7 Å². The molecule has 17 heavy (non-hydrogen) atoms. The fourth-order valence-corrected chi connectivity index (χ4v) is 1.10. The fraction of sp³-hybridized carbons (Fsp3) is 0.364. The zero-order valence-electron chi connectivity index (χ0n) is 9.10. The summed E-state index contributed by atoms with van der Waals surface area (Å²) >= 11 is 0. The molecule has 4 nitrogen and oxygen atoms in total. The minimum absolute atomic E-state index is 0.0927. The van der Waals surface area contributed by atoms with Gasteiger partial charge < -0.3 is 14.3 Å². The zero-order chi connectivity index (χ0) is 12.9. The Morgan fingerprint density at radius 2 is 2.41 bits per heavy atom. The van der Waals surface area contributed by atoms with Crippen LogP contribution >= 0.6 is 0 Å². The molecule has 6 heteroatoms. The quantitative estimate of drug-likeness (QED) is 0.638. The Balaban J connectivity index is 2.71. The van der Waals surface area contributed by atoms with Gasteiger partial charge in [-0.2, -0.15) is 8.78 Å². The lowest BCUT2D eigenvalue weighted by Gasteiger charge is -2.16. The third-order valence-electron chi connectivity index (χ3n) is 1.91. The maximum atomic E-state index is 13.4. The first kappa shape index (κ1) is 13.4. The van der Waals surface area contributed by atoms with E-state index in [-0.39, 0.29) is 18.4 Å². The van der Waals surface area contributed by atoms with Crippen molar-refractivity contribution in [1.82, 2.24) is 0 Å². The molecule has 1 unspecified atom stereocenters. The van der Waals surface area contributed by atoms with Crippen LogP contribution in [0.25, 0.3) is 0 Å². The Kier molecular flexibility index (Phi) is 4.39. The summed E-state index contributed by atoms with van der Waals surface area (Å²) < 4.78 is 35.9. The van der Waals surface area contributed by atoms with Crippen molar-refractivity contribution in [3.05, 3.63) is 36.3 Å². The van der Waals surface area contributed by atoms with Gasteiger partial charge in [-0.1, -0.05) is 0 Å². The third kappa shape index (κ3) is 3.67. The van der Waals surface area contributed by atoms with E-state index in [2.05, 4.69) is 9.15 Å². The molecule has 0 fully saturated rings. The van der Waals surface area contributed by atoms with Gasteiger partial charge in [0.25, 0.3) is 5.92 Å². The number of rotatable bonds is 5. The second-order valence-electron chi connectivity index (χ2n) is 3.18. The molecule has 0 aliphatic carbocycles. The van der Waals surface area contributed by atoms with E-state index in [0.717, 1.165) is 0 Å². The second kappa shape index (κ2) is 5.58. The number of ether oxygens (including phenoxy) is 1. The van der Waals surface area contributed by atoms with Gasteiger partial charge in [0.05, 0.1) is 12.9 Å². The number of halogens is 2. The van der Waals surface area contributed by atoms with E-state index in [1.807, 2.05) is 0 Å². The van der Waals surface area contributed by atoms with Crippen LogP contribution in [0.3, 0.4) is 0 Å². The number of esters is 1. The number of furan rings is 1. The molecule has 0 saturated heterocycles. The molecule has 1 aromatic rings. The van der Waals surface area contributed by atoms with Gasteiger partial charge >= 0.3 is 5.97 Å². The summed E-state index contributed by atoms with van der Waals surface area (Å²) in [7, 11) is 0. The number of carbonyl (C=O) groups excluding carboxylic acids is 1. The summed E-state index contributed by atoms with van der Waals surface area (Å²) in [6.07, 6.45) is -0.0967. The molecule has 0 saturated carbocycles. The summed E-state index contributed by atoms with van der Waals surface area (Å²) in [5.74, 6) is -4.77. The predicted octanol–water partition coefficient (Wildman–Crippen LogP) is 2.07. The highest BCUT2D eigenvalue weighted by atomic mass is 19.3. The molecule has 0 spiro atoms. The SMILES string of the molecule is CCOC(=O)/C=C/C(F)(F)C(O)c1ccco1. The Labute approximate surface area is 96.5 Å². The van der Waals surface area contributed by atoms with Gasteiger partial charge in [-0.3, -0.25) is 0 Å². The summed E-state index contributed by atoms with van der Waals surface area (Å²) in [5, 5.41) is 9.33. The highest BCUT2D eigenvalue weighted by molar-refractivity contribution is 5.82. The highest BCUT2D eigenvalue weighted by Crippen LogP contribution is 2.32. The molecule has 1 atom stereocenters. The van der Waals surface area contributed by atoms with Crippen LogP contribution in [0.1, 0.15) is 18.8 Å². The van der Waals surface area contributed by atoms with Gasteiger partial charge in [-0.25, -0.2) is 4.79 Å². The van der Waals surface area contributed by atoms with Crippen LogP contribution in [0.5, 0.6) is 0 Å². The van der Waals surface area contributed by atoms with Crippen LogP contribution in [-0.2, 0) is 9.53 Å². The smallest absolute Gasteiger partial charge is 0.330 e. The van der Waals surface area contributed by atoms with E-state index in [1.54, 1.807) is 6.92 Å². The predicted molar refractivity (Wildman–Crippen MR) is 54.4 cm³/mol. The molecule has 0 bridgehead atoms. The average Bonchev–Trinajstić information content (AvgIpc) is 2.79. The number of alkyl halides is 2. The topological polar surface area (TPSA) is 59.7 Å². The summed E-state index contributed by atoms with van der Waals surface area (Å²) in [6, 6.07) is 2.60. The third-order valence-corrected chi connectivity index (χ3v) is 1.91. The highest BCUT2D eigenvalue weighted by Gasteiger charge is 2.38. The second-order valence-corrected chi connectivity index (χ2v) is 3.18. The molecule has 1 rings (SSSR count). The monoisotopic (exact) mass is 246 g/mol. The molecular formula is C11H12F2O4. The Morgan fingerprint density at radius 3 is 2.94 bits per heavy atom.